The van der Waals surface area contributed by atoms with Crippen molar-refractivity contribution in [3.05, 3.63) is 55.6 Å². The molecule has 0 saturated carbocycles. The Morgan fingerprint density at radius 1 is 1.08 bits per heavy atom. The van der Waals surface area contributed by atoms with Crippen LogP contribution in [0.5, 0.6) is 0 Å². The Labute approximate surface area is 138 Å². The van der Waals surface area contributed by atoms with Crippen molar-refractivity contribution in [3.8, 4) is 12.1 Å². The molecule has 11 heteroatoms. The van der Waals surface area contributed by atoms with Crippen LogP contribution in [0, 0.1) is 42.9 Å². The summed E-state index contributed by atoms with van der Waals surface area (Å²) in [5.41, 5.74) is 4.68. The first kappa shape index (κ1) is 16.7. The summed E-state index contributed by atoms with van der Waals surface area (Å²) in [5.74, 6) is -0.122. The van der Waals surface area contributed by atoms with Gasteiger partial charge in [0.2, 0.25) is 0 Å². The lowest BCUT2D eigenvalue weighted by atomic mass is 10.2. The third kappa shape index (κ3) is 3.21. The maximum Gasteiger partial charge on any atom is 0.290 e. The summed E-state index contributed by atoms with van der Waals surface area (Å²) >= 11 is 0.760. The zero-order valence-corrected chi connectivity index (χ0v) is 12.5. The van der Waals surface area contributed by atoms with Gasteiger partial charge in [-0.2, -0.15) is 10.5 Å². The quantitative estimate of drug-likeness (QED) is 0.646. The van der Waals surface area contributed by atoms with Gasteiger partial charge in [-0.3, -0.25) is 20.2 Å². The first-order valence-electron chi connectivity index (χ1n) is 6.08. The van der Waals surface area contributed by atoms with Crippen LogP contribution in [-0.4, -0.2) is 14.8 Å². The smallest absolute Gasteiger partial charge is 0.290 e. The van der Waals surface area contributed by atoms with Gasteiger partial charge in [-0.05, 0) is 12.1 Å². The maximum absolute atomic E-state index is 11.1. The molecule has 10 nitrogen and oxygen atoms in total. The molecule has 1 heterocycles. The molecule has 0 amide bonds. The number of nitro benzene ring substituents is 2. The summed E-state index contributed by atoms with van der Waals surface area (Å²) in [6.07, 6.45) is 0. The largest absolute Gasteiger partial charge is 0.383 e. The molecule has 0 bridgehead atoms. The van der Waals surface area contributed by atoms with Crippen LogP contribution in [0.1, 0.15) is 11.1 Å². The van der Waals surface area contributed by atoms with Gasteiger partial charge < -0.3 is 5.73 Å². The van der Waals surface area contributed by atoms with Crippen molar-refractivity contribution >= 4 is 29.0 Å². The number of hydrogen-bond donors (Lipinski definition) is 1. The predicted molar refractivity (Wildman–Crippen MR) is 82.0 cm³/mol. The highest BCUT2D eigenvalue weighted by molar-refractivity contribution is 7.99. The Kier molecular flexibility index (Phi) is 4.58. The standard InChI is InChI=1S/C13H6N6O4S/c14-5-7-3-8(6-15)13(17-12(7)16)24-11-2-1-9(18(20)21)4-10(11)19(22)23/h1-4H,(H2,16,17). The molecule has 0 atom stereocenters. The van der Waals surface area contributed by atoms with E-state index in [2.05, 4.69) is 4.98 Å². The number of nitro groups is 2. The highest BCUT2D eigenvalue weighted by atomic mass is 32.2. The SMILES string of the molecule is N#Cc1cc(C#N)c(Sc2ccc([N+](=O)[O-])cc2[N+](=O)[O-])nc1N. The molecule has 0 unspecified atom stereocenters. The Morgan fingerprint density at radius 3 is 2.29 bits per heavy atom. The van der Waals surface area contributed by atoms with Crippen LogP contribution in [-0.2, 0) is 0 Å². The zero-order chi connectivity index (χ0) is 17.9. The molecule has 0 radical (unpaired) electrons. The van der Waals surface area contributed by atoms with Crippen molar-refractivity contribution in [1.29, 1.82) is 10.5 Å². The second kappa shape index (κ2) is 6.60. The van der Waals surface area contributed by atoms with E-state index in [-0.39, 0.29) is 26.9 Å². The molecule has 0 spiro atoms. The second-order valence-corrected chi connectivity index (χ2v) is 5.30. The van der Waals surface area contributed by atoms with Gasteiger partial charge in [0.15, 0.2) is 0 Å². The number of nitrogen functional groups attached to an aromatic ring is 1. The molecule has 0 fully saturated rings. The summed E-state index contributed by atoms with van der Waals surface area (Å²) in [6, 6.07) is 7.95. The van der Waals surface area contributed by atoms with Crippen LogP contribution >= 0.6 is 11.8 Å². The van der Waals surface area contributed by atoms with Gasteiger partial charge in [-0.1, -0.05) is 11.8 Å². The number of benzene rings is 1. The molecule has 24 heavy (non-hydrogen) atoms. The number of rotatable bonds is 4. The van der Waals surface area contributed by atoms with Crippen LogP contribution in [0.4, 0.5) is 17.2 Å². The topological polar surface area (TPSA) is 173 Å². The molecule has 0 aliphatic carbocycles. The summed E-state index contributed by atoms with van der Waals surface area (Å²) < 4.78 is 0. The lowest BCUT2D eigenvalue weighted by molar-refractivity contribution is -0.396. The minimum atomic E-state index is -0.769. The number of nitriles is 2. The monoisotopic (exact) mass is 342 g/mol. The molecule has 118 valence electrons. The van der Waals surface area contributed by atoms with Crippen molar-refractivity contribution in [2.24, 2.45) is 0 Å². The molecule has 1 aromatic carbocycles. The highest BCUT2D eigenvalue weighted by Crippen LogP contribution is 2.38. The zero-order valence-electron chi connectivity index (χ0n) is 11.7. The summed E-state index contributed by atoms with van der Waals surface area (Å²) in [4.78, 5) is 24.3. The maximum atomic E-state index is 11.1. The normalized spacial score (nSPS) is 9.75. The van der Waals surface area contributed by atoms with Gasteiger partial charge in [0.25, 0.3) is 11.4 Å². The van der Waals surface area contributed by atoms with Crippen molar-refractivity contribution < 1.29 is 9.85 Å². The predicted octanol–water partition coefficient (Wildman–Crippen LogP) is 2.37. The summed E-state index contributed by atoms with van der Waals surface area (Å²) in [7, 11) is 0. The Bertz CT molecular complexity index is 947. The molecule has 2 aromatic rings. The van der Waals surface area contributed by atoms with Gasteiger partial charge >= 0.3 is 0 Å². The molecule has 0 saturated heterocycles. The Balaban J connectivity index is 2.55. The Morgan fingerprint density at radius 2 is 1.75 bits per heavy atom. The van der Waals surface area contributed by atoms with E-state index in [0.29, 0.717) is 0 Å². The fourth-order valence-corrected chi connectivity index (χ4v) is 2.65. The molecule has 0 aliphatic heterocycles. The third-order valence-corrected chi connectivity index (χ3v) is 3.88. The highest BCUT2D eigenvalue weighted by Gasteiger charge is 2.22. The van der Waals surface area contributed by atoms with Gasteiger partial charge in [0.05, 0.1) is 31.9 Å². The number of nitrogens with zero attached hydrogens (tertiary/aromatic N) is 5. The van der Waals surface area contributed by atoms with Crippen LogP contribution in [0.2, 0.25) is 0 Å². The minimum Gasteiger partial charge on any atom is -0.383 e. The number of aromatic nitrogens is 1. The van der Waals surface area contributed by atoms with E-state index in [4.69, 9.17) is 16.3 Å². The number of pyridine rings is 1. The van der Waals surface area contributed by atoms with E-state index in [1.165, 1.54) is 12.1 Å². The van der Waals surface area contributed by atoms with Gasteiger partial charge in [0, 0.05) is 6.07 Å². The number of anilines is 1. The average Bonchev–Trinajstić information content (AvgIpc) is 2.55. The number of hydrogen-bond acceptors (Lipinski definition) is 9. The number of nitrogens with two attached hydrogens (primary N) is 1. The van der Waals surface area contributed by atoms with Crippen molar-refractivity contribution in [1.82, 2.24) is 4.98 Å². The van der Waals surface area contributed by atoms with E-state index < -0.39 is 21.2 Å². The van der Waals surface area contributed by atoms with E-state index in [1.54, 1.807) is 6.07 Å². The van der Waals surface area contributed by atoms with Gasteiger partial charge in [-0.15, -0.1) is 0 Å². The van der Waals surface area contributed by atoms with E-state index in [1.807, 2.05) is 6.07 Å². The molecular formula is C13H6N6O4S. The van der Waals surface area contributed by atoms with Crippen LogP contribution in [0.15, 0.2) is 34.2 Å². The number of non-ortho nitro benzene ring substituents is 1. The Hall–Kier alpha value is -3.70. The molecule has 2 N–H and O–H groups in total. The van der Waals surface area contributed by atoms with Crippen LogP contribution in [0.3, 0.4) is 0 Å². The average molecular weight is 342 g/mol. The van der Waals surface area contributed by atoms with Crippen molar-refractivity contribution in [2.75, 3.05) is 5.73 Å². The van der Waals surface area contributed by atoms with Gasteiger partial charge in [0.1, 0.15) is 23.0 Å². The first-order chi connectivity index (χ1) is 11.4. The third-order valence-electron chi connectivity index (χ3n) is 2.81. The van der Waals surface area contributed by atoms with E-state index >= 15 is 0 Å². The first-order valence-corrected chi connectivity index (χ1v) is 6.90. The van der Waals surface area contributed by atoms with Crippen molar-refractivity contribution in [3.63, 3.8) is 0 Å². The summed E-state index contributed by atoms with van der Waals surface area (Å²) in [6.45, 7) is 0. The molecule has 2 rings (SSSR count). The molecular weight excluding hydrogens is 336 g/mol. The van der Waals surface area contributed by atoms with Crippen molar-refractivity contribution in [2.45, 2.75) is 9.92 Å². The van der Waals surface area contributed by atoms with Gasteiger partial charge in [-0.25, -0.2) is 4.98 Å². The molecule has 0 aliphatic rings. The fourth-order valence-electron chi connectivity index (χ4n) is 1.71. The lowest BCUT2D eigenvalue weighted by Crippen LogP contribution is -1.99. The van der Waals surface area contributed by atoms with Crippen LogP contribution < -0.4 is 5.73 Å². The minimum absolute atomic E-state index is 0.00843. The van der Waals surface area contributed by atoms with E-state index in [0.717, 1.165) is 23.9 Å². The summed E-state index contributed by atoms with van der Waals surface area (Å²) in [5, 5.41) is 39.9. The lowest BCUT2D eigenvalue weighted by Gasteiger charge is -2.06. The van der Waals surface area contributed by atoms with Crippen LogP contribution in [0.25, 0.3) is 0 Å². The van der Waals surface area contributed by atoms with E-state index in [9.17, 15) is 20.2 Å². The molecule has 1 aromatic heterocycles. The fraction of sp³-hybridized carbons (Fsp3) is 0. The second-order valence-electron chi connectivity index (χ2n) is 4.27.